The molecule has 6 nitrogen and oxygen atoms in total. The van der Waals surface area contributed by atoms with E-state index in [0.717, 1.165) is 36.5 Å². The lowest BCUT2D eigenvalue weighted by Gasteiger charge is -2.09. The number of pyridine rings is 1. The minimum absolute atomic E-state index is 0.166. The van der Waals surface area contributed by atoms with Crippen LogP contribution in [0.4, 0.5) is 0 Å². The van der Waals surface area contributed by atoms with Gasteiger partial charge in [-0.15, -0.1) is 5.10 Å². The standard InChI is InChI=1S/C14H21N5OS/c1-3-7-15-10-11-6-5-8-16-12(11)21-14-18-17-13(20)19(14)9-4-2/h5-6,8,15H,3-4,7,9-10H2,1-2H3,(H,17,20). The molecule has 0 fully saturated rings. The summed E-state index contributed by atoms with van der Waals surface area (Å²) in [5.74, 6) is 0. The van der Waals surface area contributed by atoms with Crippen LogP contribution in [0.1, 0.15) is 32.3 Å². The zero-order chi connectivity index (χ0) is 15.1. The first-order valence-corrected chi connectivity index (χ1v) is 8.05. The molecule has 21 heavy (non-hydrogen) atoms. The summed E-state index contributed by atoms with van der Waals surface area (Å²) in [6.07, 6.45) is 3.75. The first-order valence-electron chi connectivity index (χ1n) is 7.24. The Balaban J connectivity index is 2.17. The van der Waals surface area contributed by atoms with Gasteiger partial charge in [0.25, 0.3) is 0 Å². The van der Waals surface area contributed by atoms with Crippen molar-refractivity contribution in [2.75, 3.05) is 6.54 Å². The largest absolute Gasteiger partial charge is 0.343 e. The second-order valence-corrected chi connectivity index (χ2v) is 5.67. The number of hydrogen-bond acceptors (Lipinski definition) is 5. The maximum Gasteiger partial charge on any atom is 0.343 e. The third kappa shape index (κ3) is 4.18. The summed E-state index contributed by atoms with van der Waals surface area (Å²) in [6.45, 7) is 6.58. The van der Waals surface area contributed by atoms with Gasteiger partial charge in [-0.25, -0.2) is 14.9 Å². The summed E-state index contributed by atoms with van der Waals surface area (Å²) in [5, 5.41) is 11.5. The molecule has 0 unspecified atom stereocenters. The van der Waals surface area contributed by atoms with Gasteiger partial charge >= 0.3 is 5.69 Å². The molecule has 114 valence electrons. The molecule has 0 saturated heterocycles. The van der Waals surface area contributed by atoms with E-state index in [1.165, 1.54) is 11.8 Å². The Morgan fingerprint density at radius 2 is 2.24 bits per heavy atom. The highest BCUT2D eigenvalue weighted by molar-refractivity contribution is 7.99. The molecule has 0 aliphatic rings. The zero-order valence-corrected chi connectivity index (χ0v) is 13.2. The van der Waals surface area contributed by atoms with Crippen LogP contribution < -0.4 is 11.0 Å². The van der Waals surface area contributed by atoms with Gasteiger partial charge < -0.3 is 5.32 Å². The SMILES string of the molecule is CCCNCc1cccnc1Sc1n[nH]c(=O)n1CCC. The van der Waals surface area contributed by atoms with E-state index in [9.17, 15) is 4.79 Å². The molecule has 0 radical (unpaired) electrons. The van der Waals surface area contributed by atoms with Crippen molar-refractivity contribution in [2.45, 2.75) is 50.0 Å². The Kier molecular flexibility index (Phi) is 6.01. The second-order valence-electron chi connectivity index (χ2n) is 4.71. The van der Waals surface area contributed by atoms with Crippen molar-refractivity contribution in [1.82, 2.24) is 25.1 Å². The molecular formula is C14H21N5OS. The van der Waals surface area contributed by atoms with Crippen molar-refractivity contribution in [3.8, 4) is 0 Å². The molecule has 0 aromatic carbocycles. The monoisotopic (exact) mass is 307 g/mol. The molecule has 0 amide bonds. The van der Waals surface area contributed by atoms with Crippen molar-refractivity contribution >= 4 is 11.8 Å². The van der Waals surface area contributed by atoms with Crippen LogP contribution in [-0.4, -0.2) is 26.3 Å². The molecule has 2 N–H and O–H groups in total. The number of aromatic nitrogens is 4. The summed E-state index contributed by atoms with van der Waals surface area (Å²) in [7, 11) is 0. The fourth-order valence-corrected chi connectivity index (χ4v) is 2.87. The minimum atomic E-state index is -0.166. The Morgan fingerprint density at radius 3 is 3.00 bits per heavy atom. The molecule has 2 aromatic rings. The van der Waals surface area contributed by atoms with Gasteiger partial charge in [-0.3, -0.25) is 4.57 Å². The maximum absolute atomic E-state index is 11.7. The lowest BCUT2D eigenvalue weighted by molar-refractivity contribution is 0.603. The Morgan fingerprint density at radius 1 is 1.38 bits per heavy atom. The molecule has 2 aromatic heterocycles. The zero-order valence-electron chi connectivity index (χ0n) is 12.4. The maximum atomic E-state index is 11.7. The lowest BCUT2D eigenvalue weighted by Crippen LogP contribution is -2.17. The molecule has 7 heteroatoms. The summed E-state index contributed by atoms with van der Waals surface area (Å²) in [4.78, 5) is 16.1. The predicted octanol–water partition coefficient (Wildman–Crippen LogP) is 2.03. The molecule has 0 atom stereocenters. The molecule has 0 spiro atoms. The van der Waals surface area contributed by atoms with Gasteiger partial charge in [0.05, 0.1) is 0 Å². The van der Waals surface area contributed by atoms with E-state index >= 15 is 0 Å². The van der Waals surface area contributed by atoms with Crippen molar-refractivity contribution in [3.05, 3.63) is 34.4 Å². The highest BCUT2D eigenvalue weighted by atomic mass is 32.2. The van der Waals surface area contributed by atoms with E-state index in [4.69, 9.17) is 0 Å². The van der Waals surface area contributed by atoms with Crippen molar-refractivity contribution in [1.29, 1.82) is 0 Å². The highest BCUT2D eigenvalue weighted by Crippen LogP contribution is 2.26. The number of nitrogens with zero attached hydrogens (tertiary/aromatic N) is 3. The number of hydrogen-bond donors (Lipinski definition) is 2. The van der Waals surface area contributed by atoms with Gasteiger partial charge in [0, 0.05) is 19.3 Å². The van der Waals surface area contributed by atoms with Crippen LogP contribution in [0.2, 0.25) is 0 Å². The summed E-state index contributed by atoms with van der Waals surface area (Å²) < 4.78 is 1.66. The van der Waals surface area contributed by atoms with E-state index in [1.807, 2.05) is 19.1 Å². The van der Waals surface area contributed by atoms with Gasteiger partial charge in [0.15, 0.2) is 5.16 Å². The first-order chi connectivity index (χ1) is 10.3. The fourth-order valence-electron chi connectivity index (χ4n) is 1.94. The van der Waals surface area contributed by atoms with Gasteiger partial charge in [0.2, 0.25) is 0 Å². The number of H-pyrrole nitrogens is 1. The van der Waals surface area contributed by atoms with Crippen molar-refractivity contribution < 1.29 is 0 Å². The van der Waals surface area contributed by atoms with Crippen LogP contribution in [-0.2, 0) is 13.1 Å². The van der Waals surface area contributed by atoms with Crippen LogP contribution in [0.15, 0.2) is 33.3 Å². The molecule has 0 aliphatic heterocycles. The first kappa shape index (κ1) is 15.8. The minimum Gasteiger partial charge on any atom is -0.313 e. The van der Waals surface area contributed by atoms with E-state index in [2.05, 4.69) is 27.4 Å². The average Bonchev–Trinajstić information content (AvgIpc) is 2.83. The van der Waals surface area contributed by atoms with Gasteiger partial charge in [0.1, 0.15) is 5.03 Å². The van der Waals surface area contributed by atoms with Crippen LogP contribution in [0.5, 0.6) is 0 Å². The molecule has 2 rings (SSSR count). The van der Waals surface area contributed by atoms with Crippen LogP contribution in [0.3, 0.4) is 0 Å². The van der Waals surface area contributed by atoms with E-state index in [-0.39, 0.29) is 5.69 Å². The third-order valence-electron chi connectivity index (χ3n) is 2.95. The van der Waals surface area contributed by atoms with Crippen LogP contribution >= 0.6 is 11.8 Å². The van der Waals surface area contributed by atoms with Crippen molar-refractivity contribution in [2.24, 2.45) is 0 Å². The summed E-state index contributed by atoms with van der Waals surface area (Å²) in [6, 6.07) is 3.98. The second kappa shape index (κ2) is 7.99. The van der Waals surface area contributed by atoms with Gasteiger partial charge in [-0.1, -0.05) is 19.9 Å². The van der Waals surface area contributed by atoms with E-state index in [0.29, 0.717) is 11.7 Å². The van der Waals surface area contributed by atoms with Gasteiger partial charge in [-0.05, 0) is 42.8 Å². The summed E-state index contributed by atoms with van der Waals surface area (Å²) in [5.41, 5.74) is 0.954. The smallest absolute Gasteiger partial charge is 0.313 e. The fraction of sp³-hybridized carbons (Fsp3) is 0.500. The predicted molar refractivity (Wildman–Crippen MR) is 83.5 cm³/mol. The number of aromatic amines is 1. The third-order valence-corrected chi connectivity index (χ3v) is 4.01. The van der Waals surface area contributed by atoms with Gasteiger partial charge in [-0.2, -0.15) is 0 Å². The van der Waals surface area contributed by atoms with Crippen LogP contribution in [0, 0.1) is 0 Å². The molecule has 0 aliphatic carbocycles. The Hall–Kier alpha value is -1.60. The number of rotatable bonds is 8. The topological polar surface area (TPSA) is 75.6 Å². The lowest BCUT2D eigenvalue weighted by atomic mass is 10.3. The molecule has 2 heterocycles. The average molecular weight is 307 g/mol. The molecule has 0 saturated carbocycles. The number of nitrogens with one attached hydrogen (secondary N) is 2. The summed E-state index contributed by atoms with van der Waals surface area (Å²) >= 11 is 1.43. The van der Waals surface area contributed by atoms with Crippen LogP contribution in [0.25, 0.3) is 0 Å². The molecular weight excluding hydrogens is 286 g/mol. The quantitative estimate of drug-likeness (QED) is 0.730. The highest BCUT2D eigenvalue weighted by Gasteiger charge is 2.12. The Bertz CT molecular complexity index is 622. The van der Waals surface area contributed by atoms with Crippen molar-refractivity contribution in [3.63, 3.8) is 0 Å². The van der Waals surface area contributed by atoms with E-state index < -0.39 is 0 Å². The van der Waals surface area contributed by atoms with E-state index in [1.54, 1.807) is 10.8 Å². The Labute approximate surface area is 128 Å². The normalized spacial score (nSPS) is 11.0. The molecule has 0 bridgehead atoms.